The highest BCUT2D eigenvalue weighted by Crippen LogP contribution is 2.20. The molecule has 0 saturated heterocycles. The van der Waals surface area contributed by atoms with Crippen molar-refractivity contribution in [2.45, 2.75) is 19.8 Å². The summed E-state index contributed by atoms with van der Waals surface area (Å²) in [6.07, 6.45) is -0.103. The maximum atomic E-state index is 11.7. The zero-order valence-electron chi connectivity index (χ0n) is 13.9. The Morgan fingerprint density at radius 2 is 1.64 bits per heavy atom. The van der Waals surface area contributed by atoms with Crippen LogP contribution in [0.15, 0.2) is 42.5 Å². The summed E-state index contributed by atoms with van der Waals surface area (Å²) in [6.45, 7) is 1.72. The molecule has 0 spiro atoms. The smallest absolute Gasteiger partial charge is 0.306 e. The molecule has 0 aromatic heterocycles. The van der Waals surface area contributed by atoms with Crippen LogP contribution < -0.4 is 15.6 Å². The molecular weight excluding hydrogens is 324 g/mol. The van der Waals surface area contributed by atoms with Crippen molar-refractivity contribution < 1.29 is 23.9 Å². The van der Waals surface area contributed by atoms with Crippen LogP contribution in [0.25, 0.3) is 10.8 Å². The van der Waals surface area contributed by atoms with Gasteiger partial charge in [-0.25, -0.2) is 0 Å². The molecule has 2 aromatic rings. The van der Waals surface area contributed by atoms with Gasteiger partial charge in [0, 0.05) is 6.42 Å². The standard InChI is InChI=1S/C18H20N2O5/c1-2-24-18(23)10-9-16(21)19-20-17(22)12-25-15-8-7-13-5-3-4-6-14(13)11-15/h3-8,11H,2,9-10,12H2,1H3,(H,19,21)(H,20,22). The van der Waals surface area contributed by atoms with E-state index >= 15 is 0 Å². The Morgan fingerprint density at radius 1 is 0.920 bits per heavy atom. The first-order chi connectivity index (χ1) is 12.1. The molecule has 0 unspecified atom stereocenters. The first-order valence-electron chi connectivity index (χ1n) is 7.93. The number of amides is 2. The highest BCUT2D eigenvalue weighted by atomic mass is 16.5. The number of carbonyl (C=O) groups is 3. The Morgan fingerprint density at radius 3 is 2.40 bits per heavy atom. The largest absolute Gasteiger partial charge is 0.484 e. The summed E-state index contributed by atoms with van der Waals surface area (Å²) >= 11 is 0. The summed E-state index contributed by atoms with van der Waals surface area (Å²) in [5.74, 6) is -0.879. The Hall–Kier alpha value is -3.09. The highest BCUT2D eigenvalue weighted by Gasteiger charge is 2.09. The first-order valence-corrected chi connectivity index (χ1v) is 7.93. The van der Waals surface area contributed by atoms with Gasteiger partial charge in [-0.2, -0.15) is 0 Å². The van der Waals surface area contributed by atoms with Gasteiger partial charge >= 0.3 is 5.97 Å². The Bertz CT molecular complexity index is 760. The molecule has 2 N–H and O–H groups in total. The van der Waals surface area contributed by atoms with Crippen LogP contribution >= 0.6 is 0 Å². The fourth-order valence-corrected chi connectivity index (χ4v) is 2.09. The molecule has 0 saturated carbocycles. The lowest BCUT2D eigenvalue weighted by molar-refractivity contribution is -0.144. The number of esters is 1. The molecule has 0 aliphatic heterocycles. The lowest BCUT2D eigenvalue weighted by Crippen LogP contribution is -2.43. The molecule has 0 fully saturated rings. The summed E-state index contributed by atoms with van der Waals surface area (Å²) in [6, 6.07) is 13.3. The van der Waals surface area contributed by atoms with E-state index in [0.29, 0.717) is 5.75 Å². The summed E-state index contributed by atoms with van der Waals surface area (Å²) in [7, 11) is 0. The van der Waals surface area contributed by atoms with Crippen LogP contribution in [0.3, 0.4) is 0 Å². The van der Waals surface area contributed by atoms with E-state index in [1.807, 2.05) is 36.4 Å². The Kier molecular flexibility index (Phi) is 6.76. The number of hydrogen-bond acceptors (Lipinski definition) is 5. The van der Waals surface area contributed by atoms with Crippen LogP contribution in [-0.2, 0) is 19.1 Å². The van der Waals surface area contributed by atoms with Gasteiger partial charge < -0.3 is 9.47 Å². The number of hydrogen-bond donors (Lipinski definition) is 2. The second-order valence-electron chi connectivity index (χ2n) is 5.20. The van der Waals surface area contributed by atoms with Crippen LogP contribution in [0.4, 0.5) is 0 Å². The van der Waals surface area contributed by atoms with Crippen molar-refractivity contribution in [1.29, 1.82) is 0 Å². The van der Waals surface area contributed by atoms with Crippen molar-refractivity contribution >= 4 is 28.6 Å². The third kappa shape index (κ3) is 6.14. The number of fused-ring (bicyclic) bond motifs is 1. The van der Waals surface area contributed by atoms with Gasteiger partial charge in [0.2, 0.25) is 5.91 Å². The number of rotatable bonds is 7. The predicted molar refractivity (Wildman–Crippen MR) is 91.6 cm³/mol. The normalized spacial score (nSPS) is 10.1. The monoisotopic (exact) mass is 344 g/mol. The van der Waals surface area contributed by atoms with Crippen molar-refractivity contribution in [3.63, 3.8) is 0 Å². The molecule has 0 atom stereocenters. The Labute approximate surface area is 145 Å². The van der Waals surface area contributed by atoms with E-state index in [2.05, 4.69) is 10.9 Å². The van der Waals surface area contributed by atoms with E-state index in [0.717, 1.165) is 10.8 Å². The molecule has 25 heavy (non-hydrogen) atoms. The highest BCUT2D eigenvalue weighted by molar-refractivity contribution is 5.85. The van der Waals surface area contributed by atoms with E-state index < -0.39 is 17.8 Å². The minimum Gasteiger partial charge on any atom is -0.484 e. The lowest BCUT2D eigenvalue weighted by atomic mass is 10.1. The number of ether oxygens (including phenoxy) is 2. The molecular formula is C18H20N2O5. The van der Waals surface area contributed by atoms with E-state index in [9.17, 15) is 14.4 Å². The van der Waals surface area contributed by atoms with Gasteiger partial charge in [-0.15, -0.1) is 0 Å². The summed E-state index contributed by atoms with van der Waals surface area (Å²) in [4.78, 5) is 34.3. The topological polar surface area (TPSA) is 93.7 Å². The van der Waals surface area contributed by atoms with Crippen molar-refractivity contribution in [3.05, 3.63) is 42.5 Å². The number of nitrogens with one attached hydrogen (secondary N) is 2. The van der Waals surface area contributed by atoms with Gasteiger partial charge in [0.15, 0.2) is 6.61 Å². The van der Waals surface area contributed by atoms with Crippen molar-refractivity contribution in [3.8, 4) is 5.75 Å². The second-order valence-corrected chi connectivity index (χ2v) is 5.20. The SMILES string of the molecule is CCOC(=O)CCC(=O)NNC(=O)COc1ccc2ccccc2c1. The van der Waals surface area contributed by atoms with Gasteiger partial charge in [-0.05, 0) is 29.8 Å². The molecule has 2 amide bonds. The molecule has 0 radical (unpaired) electrons. The van der Waals surface area contributed by atoms with E-state index in [-0.39, 0.29) is 26.1 Å². The molecule has 132 valence electrons. The number of hydrazine groups is 1. The zero-order valence-corrected chi connectivity index (χ0v) is 13.9. The molecule has 2 aromatic carbocycles. The van der Waals surface area contributed by atoms with E-state index in [4.69, 9.17) is 9.47 Å². The van der Waals surface area contributed by atoms with Crippen molar-refractivity contribution in [2.75, 3.05) is 13.2 Å². The molecule has 0 aliphatic carbocycles. The zero-order chi connectivity index (χ0) is 18.1. The molecule has 7 nitrogen and oxygen atoms in total. The van der Waals surface area contributed by atoms with E-state index in [1.54, 1.807) is 13.0 Å². The summed E-state index contributed by atoms with van der Waals surface area (Å²) in [5, 5.41) is 2.08. The second kappa shape index (κ2) is 9.27. The fraction of sp³-hybridized carbons (Fsp3) is 0.278. The molecule has 0 bridgehead atoms. The van der Waals surface area contributed by atoms with Crippen LogP contribution in [0.5, 0.6) is 5.75 Å². The first kappa shape index (κ1) is 18.3. The lowest BCUT2D eigenvalue weighted by Gasteiger charge is -2.09. The van der Waals surface area contributed by atoms with Gasteiger partial charge in [0.25, 0.3) is 5.91 Å². The van der Waals surface area contributed by atoms with Crippen LogP contribution in [-0.4, -0.2) is 31.0 Å². The maximum absolute atomic E-state index is 11.7. The van der Waals surface area contributed by atoms with Gasteiger partial charge in [-0.1, -0.05) is 30.3 Å². The maximum Gasteiger partial charge on any atom is 0.306 e. The Balaban J connectivity index is 1.71. The fourth-order valence-electron chi connectivity index (χ4n) is 2.09. The minimum absolute atomic E-state index is 0.0386. The molecule has 7 heteroatoms. The molecule has 0 aliphatic rings. The van der Waals surface area contributed by atoms with Crippen LogP contribution in [0.1, 0.15) is 19.8 Å². The summed E-state index contributed by atoms with van der Waals surface area (Å²) in [5.41, 5.74) is 4.45. The summed E-state index contributed by atoms with van der Waals surface area (Å²) < 4.78 is 10.1. The third-order valence-electron chi connectivity index (χ3n) is 3.29. The van der Waals surface area contributed by atoms with Gasteiger partial charge in [0.1, 0.15) is 5.75 Å². The van der Waals surface area contributed by atoms with E-state index in [1.165, 1.54) is 0 Å². The third-order valence-corrected chi connectivity index (χ3v) is 3.29. The number of carbonyl (C=O) groups excluding carboxylic acids is 3. The van der Waals surface area contributed by atoms with Gasteiger partial charge in [0.05, 0.1) is 13.0 Å². The van der Waals surface area contributed by atoms with Crippen LogP contribution in [0.2, 0.25) is 0 Å². The van der Waals surface area contributed by atoms with Crippen molar-refractivity contribution in [1.82, 2.24) is 10.9 Å². The average molecular weight is 344 g/mol. The van der Waals surface area contributed by atoms with Crippen molar-refractivity contribution in [2.24, 2.45) is 0 Å². The number of benzene rings is 2. The van der Waals surface area contributed by atoms with Gasteiger partial charge in [-0.3, -0.25) is 25.2 Å². The average Bonchev–Trinajstić information content (AvgIpc) is 2.63. The predicted octanol–water partition coefficient (Wildman–Crippen LogP) is 1.71. The molecule has 2 rings (SSSR count). The quantitative estimate of drug-likeness (QED) is 0.589. The minimum atomic E-state index is -0.502. The molecule has 0 heterocycles. The van der Waals surface area contributed by atoms with Crippen LogP contribution in [0, 0.1) is 0 Å².